The van der Waals surface area contributed by atoms with Crippen molar-refractivity contribution in [3.8, 4) is 11.3 Å². The third-order valence-corrected chi connectivity index (χ3v) is 4.70. The molecule has 0 saturated carbocycles. The number of nitrogens with two attached hydrogens (primary N) is 1. The molecule has 2 heterocycles. The van der Waals surface area contributed by atoms with Crippen LogP contribution in [-0.2, 0) is 16.0 Å². The first-order chi connectivity index (χ1) is 14.7. The van der Waals surface area contributed by atoms with Gasteiger partial charge in [-0.25, -0.2) is 4.68 Å². The Kier molecular flexibility index (Phi) is 6.71. The Bertz CT molecular complexity index is 1130. The number of alkyl halides is 2. The zero-order valence-electron chi connectivity index (χ0n) is 15.5. The molecule has 1 atom stereocenters. The second-order valence-corrected chi connectivity index (χ2v) is 7.05. The molecule has 0 radical (unpaired) electrons. The quantitative estimate of drug-likeness (QED) is 0.489. The molecule has 0 aliphatic rings. The maximum Gasteiger partial charge on any atom is 0.333 e. The first-order valence-corrected chi connectivity index (χ1v) is 9.44. The molecule has 1 unspecified atom stereocenters. The van der Waals surface area contributed by atoms with E-state index in [1.54, 1.807) is 30.3 Å². The lowest BCUT2D eigenvalue weighted by Gasteiger charge is -2.16. The smallest absolute Gasteiger partial charge is 0.333 e. The van der Waals surface area contributed by atoms with E-state index in [1.807, 2.05) is 0 Å². The average molecular weight is 471 g/mol. The van der Waals surface area contributed by atoms with Crippen LogP contribution in [0, 0.1) is 0 Å². The third kappa shape index (κ3) is 5.09. The lowest BCUT2D eigenvalue weighted by molar-refractivity contribution is -0.137. The van der Waals surface area contributed by atoms with Crippen LogP contribution in [0.4, 0.5) is 8.78 Å². The van der Waals surface area contributed by atoms with Crippen LogP contribution in [-0.4, -0.2) is 33.4 Å². The number of ketones is 1. The van der Waals surface area contributed by atoms with Gasteiger partial charge in [-0.1, -0.05) is 30.3 Å². The van der Waals surface area contributed by atoms with Crippen molar-refractivity contribution in [1.82, 2.24) is 15.1 Å². The Labute approximate surface area is 183 Å². The lowest BCUT2D eigenvalue weighted by atomic mass is 10.0. The minimum Gasteiger partial charge on any atom is -0.433 e. The van der Waals surface area contributed by atoms with E-state index in [1.165, 1.54) is 6.07 Å². The summed E-state index contributed by atoms with van der Waals surface area (Å²) in [5, 5.41) is 5.61. The van der Waals surface area contributed by atoms with Crippen LogP contribution in [0.1, 0.15) is 22.5 Å². The molecule has 2 aromatic heterocycles. The maximum absolute atomic E-state index is 13.2. The van der Waals surface area contributed by atoms with E-state index < -0.39 is 30.2 Å². The monoisotopic (exact) mass is 470 g/mol. The van der Waals surface area contributed by atoms with E-state index in [0.29, 0.717) is 5.56 Å². The van der Waals surface area contributed by atoms with Crippen molar-refractivity contribution < 1.29 is 27.6 Å². The topological polar surface area (TPSA) is 120 Å². The van der Waals surface area contributed by atoms with Crippen LogP contribution in [0.2, 0.25) is 10.4 Å². The van der Waals surface area contributed by atoms with Gasteiger partial charge < -0.3 is 15.5 Å². The van der Waals surface area contributed by atoms with Gasteiger partial charge in [-0.05, 0) is 28.8 Å². The zero-order chi connectivity index (χ0) is 22.7. The number of furan rings is 1. The number of Topliss-reactive ketones (excluding diaryl/α,β-unsaturated/α-hetero) is 1. The molecule has 3 N–H and O–H groups in total. The van der Waals surface area contributed by atoms with E-state index in [-0.39, 0.29) is 38.4 Å². The van der Waals surface area contributed by atoms with Gasteiger partial charge in [-0.2, -0.15) is 13.9 Å². The van der Waals surface area contributed by atoms with Crippen molar-refractivity contribution in [2.24, 2.45) is 5.73 Å². The molecule has 162 valence electrons. The summed E-state index contributed by atoms with van der Waals surface area (Å²) in [4.78, 5) is 36.6. The van der Waals surface area contributed by atoms with Gasteiger partial charge in [-0.15, -0.1) is 0 Å². The minimum atomic E-state index is -3.06. The standard InChI is InChI=1S/C19H14Cl2F2N4O4/c20-13-7-10(16(21)31-13)14-11(8-27(26-14)19(22)23)18(30)25-12(15(28)17(24)29)6-9-4-2-1-3-5-9/h1-5,7-8,12,19H,6H2,(H2,24,29)(H,25,30). The van der Waals surface area contributed by atoms with Gasteiger partial charge >= 0.3 is 6.55 Å². The van der Waals surface area contributed by atoms with Crippen molar-refractivity contribution in [3.05, 3.63) is 64.2 Å². The molecule has 3 rings (SSSR count). The van der Waals surface area contributed by atoms with Gasteiger partial charge in [0.2, 0.25) is 11.0 Å². The minimum absolute atomic E-state index is 0.00273. The number of rotatable bonds is 8. The largest absolute Gasteiger partial charge is 0.433 e. The number of carbonyl (C=O) groups is 3. The number of hydrogen-bond acceptors (Lipinski definition) is 5. The van der Waals surface area contributed by atoms with Gasteiger partial charge in [0, 0.05) is 18.7 Å². The molecule has 0 saturated heterocycles. The Morgan fingerprint density at radius 1 is 1.19 bits per heavy atom. The number of nitrogens with one attached hydrogen (secondary N) is 1. The van der Waals surface area contributed by atoms with Crippen LogP contribution in [0.25, 0.3) is 11.3 Å². The van der Waals surface area contributed by atoms with Crippen molar-refractivity contribution >= 4 is 40.8 Å². The normalized spacial score (nSPS) is 12.0. The fraction of sp³-hybridized carbons (Fsp3) is 0.158. The molecule has 1 aromatic carbocycles. The molecule has 0 aliphatic heterocycles. The van der Waals surface area contributed by atoms with Crippen LogP contribution in [0.3, 0.4) is 0 Å². The Balaban J connectivity index is 1.97. The van der Waals surface area contributed by atoms with E-state index in [0.717, 1.165) is 6.20 Å². The van der Waals surface area contributed by atoms with E-state index in [9.17, 15) is 23.2 Å². The van der Waals surface area contributed by atoms with Gasteiger partial charge in [0.1, 0.15) is 11.7 Å². The van der Waals surface area contributed by atoms with Gasteiger partial charge in [0.25, 0.3) is 11.8 Å². The van der Waals surface area contributed by atoms with Gasteiger partial charge in [0.15, 0.2) is 5.22 Å². The third-order valence-electron chi connectivity index (χ3n) is 4.24. The van der Waals surface area contributed by atoms with Crippen LogP contribution in [0.5, 0.6) is 0 Å². The molecule has 0 aliphatic carbocycles. The van der Waals surface area contributed by atoms with Crippen LogP contribution >= 0.6 is 23.2 Å². The van der Waals surface area contributed by atoms with Crippen molar-refractivity contribution in [2.75, 3.05) is 0 Å². The second-order valence-electron chi connectivity index (χ2n) is 6.33. The van der Waals surface area contributed by atoms with Crippen molar-refractivity contribution in [3.63, 3.8) is 0 Å². The summed E-state index contributed by atoms with van der Waals surface area (Å²) in [5.41, 5.74) is 5.14. The van der Waals surface area contributed by atoms with Gasteiger partial charge in [0.05, 0.1) is 11.1 Å². The molecule has 3 aromatic rings. The first kappa shape index (κ1) is 22.4. The Morgan fingerprint density at radius 2 is 1.87 bits per heavy atom. The Morgan fingerprint density at radius 3 is 2.42 bits per heavy atom. The lowest BCUT2D eigenvalue weighted by Crippen LogP contribution is -2.47. The second kappa shape index (κ2) is 9.27. The molecule has 2 amide bonds. The number of primary amides is 1. The highest BCUT2D eigenvalue weighted by atomic mass is 35.5. The average Bonchev–Trinajstić information content (AvgIpc) is 3.30. The highest BCUT2D eigenvalue weighted by molar-refractivity contribution is 6.38. The van der Waals surface area contributed by atoms with Crippen molar-refractivity contribution in [1.29, 1.82) is 0 Å². The fourth-order valence-corrected chi connectivity index (χ4v) is 3.28. The number of carbonyl (C=O) groups excluding carboxylic acids is 3. The summed E-state index contributed by atoms with van der Waals surface area (Å²) >= 11 is 11.7. The number of amides is 2. The molecular formula is C19H14Cl2F2N4O4. The maximum atomic E-state index is 13.2. The van der Waals surface area contributed by atoms with Crippen molar-refractivity contribution in [2.45, 2.75) is 19.0 Å². The molecule has 12 heteroatoms. The highest BCUT2D eigenvalue weighted by Crippen LogP contribution is 2.35. The summed E-state index contributed by atoms with van der Waals surface area (Å²) in [6.45, 7) is -3.06. The first-order valence-electron chi connectivity index (χ1n) is 8.68. The predicted octanol–water partition coefficient (Wildman–Crippen LogP) is 3.24. The molecule has 0 spiro atoms. The molecule has 31 heavy (non-hydrogen) atoms. The highest BCUT2D eigenvalue weighted by Gasteiger charge is 2.29. The molecular weight excluding hydrogens is 457 g/mol. The summed E-state index contributed by atoms with van der Waals surface area (Å²) in [6, 6.07) is 8.39. The number of halogens is 4. The SMILES string of the molecule is NC(=O)C(=O)C(Cc1ccccc1)NC(=O)c1cn(C(F)F)nc1-c1cc(Cl)oc1Cl. The fourth-order valence-electron chi connectivity index (χ4n) is 2.83. The number of hydrogen-bond donors (Lipinski definition) is 2. The molecule has 0 bridgehead atoms. The van der Waals surface area contributed by atoms with Crippen LogP contribution < -0.4 is 11.1 Å². The Hall–Kier alpha value is -3.24. The number of benzene rings is 1. The number of nitrogens with zero attached hydrogens (tertiary/aromatic N) is 2. The number of aromatic nitrogens is 2. The van der Waals surface area contributed by atoms with E-state index >= 15 is 0 Å². The summed E-state index contributed by atoms with van der Waals surface area (Å²) < 4.78 is 31.6. The van der Waals surface area contributed by atoms with E-state index in [4.69, 9.17) is 33.4 Å². The summed E-state index contributed by atoms with van der Waals surface area (Å²) in [7, 11) is 0. The predicted molar refractivity (Wildman–Crippen MR) is 107 cm³/mol. The molecule has 8 nitrogen and oxygen atoms in total. The van der Waals surface area contributed by atoms with E-state index in [2.05, 4.69) is 10.4 Å². The molecule has 0 fully saturated rings. The summed E-state index contributed by atoms with van der Waals surface area (Å²) in [5.74, 6) is -3.26. The zero-order valence-corrected chi connectivity index (χ0v) is 17.0. The van der Waals surface area contributed by atoms with Gasteiger partial charge in [-0.3, -0.25) is 14.4 Å². The van der Waals surface area contributed by atoms with Crippen LogP contribution in [0.15, 0.2) is 47.0 Å². The summed E-state index contributed by atoms with van der Waals surface area (Å²) in [6.07, 6.45) is 0.728.